The maximum absolute atomic E-state index is 13.6. The first-order chi connectivity index (χ1) is 17.3. The summed E-state index contributed by atoms with van der Waals surface area (Å²) in [6.45, 7) is 0. The molecule has 1 heterocycles. The SMILES string of the molecule is COc1ccc2c(=O)c3c(OC)cc(OC)c(-c4cc(C(F)(F)F)cc(C(F)(F)F)c4)c3oc2c1OC. The molecule has 12 heteroatoms. The van der Waals surface area contributed by atoms with Crippen LogP contribution in [0.2, 0.25) is 0 Å². The Labute approximate surface area is 204 Å². The summed E-state index contributed by atoms with van der Waals surface area (Å²) in [6, 6.07) is 5.06. The normalized spacial score (nSPS) is 12.2. The van der Waals surface area contributed by atoms with E-state index < -0.39 is 34.5 Å². The van der Waals surface area contributed by atoms with Crippen molar-refractivity contribution >= 4 is 21.9 Å². The fraction of sp³-hybridized carbons (Fsp3) is 0.240. The number of hydrogen-bond acceptors (Lipinski definition) is 6. The summed E-state index contributed by atoms with van der Waals surface area (Å²) < 4.78 is 109. The molecular weight excluding hydrogens is 510 g/mol. The Balaban J connectivity index is 2.26. The fourth-order valence-electron chi connectivity index (χ4n) is 4.04. The van der Waals surface area contributed by atoms with Crippen LogP contribution in [0.15, 0.2) is 45.6 Å². The molecule has 0 saturated heterocycles. The molecule has 1 aromatic heterocycles. The zero-order chi connectivity index (χ0) is 27.3. The Morgan fingerprint density at radius 1 is 0.676 bits per heavy atom. The van der Waals surface area contributed by atoms with Gasteiger partial charge in [0.15, 0.2) is 16.9 Å². The maximum Gasteiger partial charge on any atom is 0.416 e. The second-order valence-corrected chi connectivity index (χ2v) is 7.76. The second kappa shape index (κ2) is 9.09. The molecule has 0 radical (unpaired) electrons. The summed E-state index contributed by atoms with van der Waals surface area (Å²) in [5.74, 6) is -0.0932. The molecule has 3 aromatic carbocycles. The second-order valence-electron chi connectivity index (χ2n) is 7.76. The van der Waals surface area contributed by atoms with E-state index in [2.05, 4.69) is 0 Å². The Morgan fingerprint density at radius 2 is 1.24 bits per heavy atom. The van der Waals surface area contributed by atoms with Crippen molar-refractivity contribution in [3.8, 4) is 34.1 Å². The lowest BCUT2D eigenvalue weighted by Crippen LogP contribution is -2.11. The number of rotatable bonds is 5. The lowest BCUT2D eigenvalue weighted by Gasteiger charge is -2.18. The predicted molar refractivity (Wildman–Crippen MR) is 122 cm³/mol. The molecule has 0 aliphatic carbocycles. The summed E-state index contributed by atoms with van der Waals surface area (Å²) in [7, 11) is 5.00. The number of fused-ring (bicyclic) bond motifs is 2. The molecule has 0 amide bonds. The predicted octanol–water partition coefficient (Wildman–Crippen LogP) is 6.69. The average Bonchev–Trinajstić information content (AvgIpc) is 2.85. The molecule has 0 saturated carbocycles. The molecule has 4 rings (SSSR count). The summed E-state index contributed by atoms with van der Waals surface area (Å²) in [5, 5.41) is -0.205. The number of halogens is 6. The van der Waals surface area contributed by atoms with Gasteiger partial charge in [-0.1, -0.05) is 0 Å². The largest absolute Gasteiger partial charge is 0.496 e. The Morgan fingerprint density at radius 3 is 1.73 bits per heavy atom. The van der Waals surface area contributed by atoms with E-state index >= 15 is 0 Å². The highest BCUT2D eigenvalue weighted by molar-refractivity contribution is 6.04. The Kier molecular flexibility index (Phi) is 6.39. The maximum atomic E-state index is 13.6. The van der Waals surface area contributed by atoms with Crippen molar-refractivity contribution in [3.05, 3.63) is 57.7 Å². The van der Waals surface area contributed by atoms with E-state index in [1.54, 1.807) is 0 Å². The highest BCUT2D eigenvalue weighted by Gasteiger charge is 2.38. The van der Waals surface area contributed by atoms with Gasteiger partial charge in [0.1, 0.15) is 16.9 Å². The van der Waals surface area contributed by atoms with E-state index in [0.29, 0.717) is 12.1 Å². The van der Waals surface area contributed by atoms with Crippen LogP contribution in [0.1, 0.15) is 11.1 Å². The molecule has 0 atom stereocenters. The van der Waals surface area contributed by atoms with Gasteiger partial charge < -0.3 is 23.4 Å². The van der Waals surface area contributed by atoms with Gasteiger partial charge in [-0.3, -0.25) is 4.79 Å². The van der Waals surface area contributed by atoms with E-state index in [-0.39, 0.29) is 56.6 Å². The molecule has 0 spiro atoms. The summed E-state index contributed by atoms with van der Waals surface area (Å²) in [6.07, 6.45) is -10.2. The molecule has 0 aliphatic rings. The lowest BCUT2D eigenvalue weighted by molar-refractivity contribution is -0.143. The van der Waals surface area contributed by atoms with Crippen LogP contribution in [0.25, 0.3) is 33.1 Å². The molecule has 4 aromatic rings. The van der Waals surface area contributed by atoms with Gasteiger partial charge in [0.25, 0.3) is 0 Å². The van der Waals surface area contributed by atoms with Gasteiger partial charge in [-0.15, -0.1) is 0 Å². The van der Waals surface area contributed by atoms with Crippen LogP contribution >= 0.6 is 0 Å². The standard InChI is InChI=1S/C25H18F6O6/c1-33-15-6-5-14-20(32)19-17(35-3)10-16(34-2)18(23(19)37-21(14)22(15)36-4)11-7-12(24(26,27)28)9-13(8-11)25(29,30)31/h5-10H,1-4H3. The van der Waals surface area contributed by atoms with Gasteiger partial charge in [-0.25, -0.2) is 0 Å². The molecule has 0 fully saturated rings. The Hall–Kier alpha value is -4.09. The van der Waals surface area contributed by atoms with Crippen LogP contribution < -0.4 is 24.4 Å². The fourth-order valence-corrected chi connectivity index (χ4v) is 4.04. The minimum atomic E-state index is -5.10. The third kappa shape index (κ3) is 4.36. The van der Waals surface area contributed by atoms with Gasteiger partial charge >= 0.3 is 12.4 Å². The van der Waals surface area contributed by atoms with Crippen molar-refractivity contribution in [2.75, 3.05) is 28.4 Å². The van der Waals surface area contributed by atoms with Crippen molar-refractivity contribution in [1.82, 2.24) is 0 Å². The molecule has 0 bridgehead atoms. The third-order valence-corrected chi connectivity index (χ3v) is 5.70. The molecular formula is C25H18F6O6. The zero-order valence-corrected chi connectivity index (χ0v) is 19.7. The highest BCUT2D eigenvalue weighted by atomic mass is 19.4. The van der Waals surface area contributed by atoms with Crippen molar-refractivity contribution in [2.24, 2.45) is 0 Å². The minimum absolute atomic E-state index is 0.00114. The number of hydrogen-bond donors (Lipinski definition) is 0. The van der Waals surface area contributed by atoms with Gasteiger partial charge in [-0.05, 0) is 35.9 Å². The molecule has 196 valence electrons. The molecule has 37 heavy (non-hydrogen) atoms. The number of benzene rings is 3. The molecule has 0 aliphatic heterocycles. The molecule has 0 N–H and O–H groups in total. The first kappa shape index (κ1) is 26.0. The molecule has 0 unspecified atom stereocenters. The van der Waals surface area contributed by atoms with Crippen molar-refractivity contribution in [3.63, 3.8) is 0 Å². The van der Waals surface area contributed by atoms with Crippen LogP contribution in [0.4, 0.5) is 26.3 Å². The minimum Gasteiger partial charge on any atom is -0.496 e. The summed E-state index contributed by atoms with van der Waals surface area (Å²) in [5.41, 5.74) is -5.14. The van der Waals surface area contributed by atoms with Crippen LogP contribution in [0, 0.1) is 0 Å². The third-order valence-electron chi connectivity index (χ3n) is 5.70. The zero-order valence-electron chi connectivity index (χ0n) is 19.7. The molecule has 6 nitrogen and oxygen atoms in total. The number of alkyl halides is 6. The van der Waals surface area contributed by atoms with Crippen LogP contribution in [0.5, 0.6) is 23.0 Å². The average molecular weight is 528 g/mol. The van der Waals surface area contributed by atoms with Crippen molar-refractivity contribution in [2.45, 2.75) is 12.4 Å². The van der Waals surface area contributed by atoms with Crippen LogP contribution in [-0.4, -0.2) is 28.4 Å². The summed E-state index contributed by atoms with van der Waals surface area (Å²) in [4.78, 5) is 13.5. The van der Waals surface area contributed by atoms with E-state index in [1.165, 1.54) is 39.5 Å². The van der Waals surface area contributed by atoms with Gasteiger partial charge in [0.2, 0.25) is 11.2 Å². The first-order valence-corrected chi connectivity index (χ1v) is 10.4. The van der Waals surface area contributed by atoms with E-state index in [0.717, 1.165) is 7.11 Å². The quantitative estimate of drug-likeness (QED) is 0.213. The van der Waals surface area contributed by atoms with Crippen molar-refractivity contribution < 1.29 is 49.7 Å². The number of methoxy groups -OCH3 is 4. The summed E-state index contributed by atoms with van der Waals surface area (Å²) >= 11 is 0. The van der Waals surface area contributed by atoms with E-state index in [1.807, 2.05) is 0 Å². The monoisotopic (exact) mass is 528 g/mol. The van der Waals surface area contributed by atoms with Crippen LogP contribution in [-0.2, 0) is 12.4 Å². The van der Waals surface area contributed by atoms with Gasteiger partial charge in [-0.2, -0.15) is 26.3 Å². The highest BCUT2D eigenvalue weighted by Crippen LogP contribution is 2.46. The van der Waals surface area contributed by atoms with Gasteiger partial charge in [0.05, 0.1) is 50.5 Å². The smallest absolute Gasteiger partial charge is 0.416 e. The first-order valence-electron chi connectivity index (χ1n) is 10.4. The number of ether oxygens (including phenoxy) is 4. The van der Waals surface area contributed by atoms with Crippen molar-refractivity contribution in [1.29, 1.82) is 0 Å². The lowest BCUT2D eigenvalue weighted by atomic mass is 9.95. The topological polar surface area (TPSA) is 67.1 Å². The van der Waals surface area contributed by atoms with Gasteiger partial charge in [0, 0.05) is 6.07 Å². The Bertz CT molecular complexity index is 1540. The van der Waals surface area contributed by atoms with E-state index in [9.17, 15) is 31.1 Å². The van der Waals surface area contributed by atoms with E-state index in [4.69, 9.17) is 23.4 Å². The van der Waals surface area contributed by atoms with Crippen LogP contribution in [0.3, 0.4) is 0 Å².